The molecule has 0 atom stereocenters. The maximum absolute atomic E-state index is 10.8. The Hall–Kier alpha value is -1.58. The number of aromatic nitrogens is 1. The van der Waals surface area contributed by atoms with Crippen LogP contribution in [0.5, 0.6) is 0 Å². The van der Waals surface area contributed by atoms with Crippen LogP contribution in [0.2, 0.25) is 0 Å². The lowest BCUT2D eigenvalue weighted by molar-refractivity contribution is 0.0690. The Labute approximate surface area is 115 Å². The molecule has 0 unspecified atom stereocenters. The minimum Gasteiger partial charge on any atom is -0.477 e. The SMILES string of the molecule is CC(C)CCCCCCNc1ccnc(C(=O)O)c1. The summed E-state index contributed by atoms with van der Waals surface area (Å²) in [5.74, 6) is -0.193. The standard InChI is InChI=1S/C15H24N2O2/c1-12(2)7-5-3-4-6-9-16-13-8-10-17-14(11-13)15(18)19/h8,10-12H,3-7,9H2,1-2H3,(H,16,17)(H,18,19). The molecule has 106 valence electrons. The monoisotopic (exact) mass is 264 g/mol. The lowest BCUT2D eigenvalue weighted by Crippen LogP contribution is -2.05. The average molecular weight is 264 g/mol. The summed E-state index contributed by atoms with van der Waals surface area (Å²) in [6.45, 7) is 5.39. The highest BCUT2D eigenvalue weighted by atomic mass is 16.4. The van der Waals surface area contributed by atoms with E-state index >= 15 is 0 Å². The molecule has 0 aromatic carbocycles. The molecule has 0 amide bonds. The molecule has 19 heavy (non-hydrogen) atoms. The number of nitrogens with zero attached hydrogens (tertiary/aromatic N) is 1. The zero-order valence-corrected chi connectivity index (χ0v) is 11.9. The molecule has 0 bridgehead atoms. The maximum atomic E-state index is 10.8. The van der Waals surface area contributed by atoms with Crippen molar-refractivity contribution in [2.24, 2.45) is 5.92 Å². The van der Waals surface area contributed by atoms with Gasteiger partial charge >= 0.3 is 5.97 Å². The van der Waals surface area contributed by atoms with Gasteiger partial charge in [0, 0.05) is 18.4 Å². The van der Waals surface area contributed by atoms with Crippen LogP contribution in [-0.2, 0) is 0 Å². The lowest BCUT2D eigenvalue weighted by atomic mass is 10.0. The third-order valence-corrected chi connectivity index (χ3v) is 3.02. The molecular formula is C15H24N2O2. The van der Waals surface area contributed by atoms with E-state index in [2.05, 4.69) is 24.1 Å². The summed E-state index contributed by atoms with van der Waals surface area (Å²) in [7, 11) is 0. The molecule has 1 aromatic rings. The van der Waals surface area contributed by atoms with E-state index < -0.39 is 5.97 Å². The Bertz CT molecular complexity index is 391. The molecular weight excluding hydrogens is 240 g/mol. The molecule has 1 aromatic heterocycles. The summed E-state index contributed by atoms with van der Waals surface area (Å²) in [5.41, 5.74) is 0.913. The number of carbonyl (C=O) groups is 1. The van der Waals surface area contributed by atoms with Gasteiger partial charge in [0.2, 0.25) is 0 Å². The molecule has 0 fully saturated rings. The highest BCUT2D eigenvalue weighted by molar-refractivity contribution is 5.86. The second-order valence-corrected chi connectivity index (χ2v) is 5.26. The Morgan fingerprint density at radius 1 is 1.32 bits per heavy atom. The van der Waals surface area contributed by atoms with E-state index in [-0.39, 0.29) is 5.69 Å². The molecule has 0 radical (unpaired) electrons. The van der Waals surface area contributed by atoms with Gasteiger partial charge in [0.1, 0.15) is 5.69 Å². The number of hydrogen-bond donors (Lipinski definition) is 2. The number of nitrogens with one attached hydrogen (secondary N) is 1. The summed E-state index contributed by atoms with van der Waals surface area (Å²) < 4.78 is 0. The molecule has 0 spiro atoms. The molecule has 4 heteroatoms. The van der Waals surface area contributed by atoms with Crippen LogP contribution in [0.4, 0.5) is 5.69 Å². The van der Waals surface area contributed by atoms with Gasteiger partial charge in [-0.25, -0.2) is 9.78 Å². The molecule has 0 saturated carbocycles. The highest BCUT2D eigenvalue weighted by Gasteiger charge is 2.04. The largest absolute Gasteiger partial charge is 0.477 e. The first-order valence-electron chi connectivity index (χ1n) is 7.03. The van der Waals surface area contributed by atoms with Crippen molar-refractivity contribution in [2.75, 3.05) is 11.9 Å². The Balaban J connectivity index is 2.15. The molecule has 0 aliphatic rings. The van der Waals surface area contributed by atoms with Crippen molar-refractivity contribution in [1.82, 2.24) is 4.98 Å². The molecule has 2 N–H and O–H groups in total. The van der Waals surface area contributed by atoms with E-state index in [1.807, 2.05) is 0 Å². The zero-order chi connectivity index (χ0) is 14.1. The minimum absolute atomic E-state index is 0.0851. The molecule has 4 nitrogen and oxygen atoms in total. The molecule has 0 aliphatic carbocycles. The van der Waals surface area contributed by atoms with Crippen molar-refractivity contribution in [3.63, 3.8) is 0 Å². The van der Waals surface area contributed by atoms with Gasteiger partial charge in [0.05, 0.1) is 0 Å². The number of hydrogen-bond acceptors (Lipinski definition) is 3. The summed E-state index contributed by atoms with van der Waals surface area (Å²) in [6.07, 6.45) is 7.74. The van der Waals surface area contributed by atoms with Gasteiger partial charge in [-0.05, 0) is 24.5 Å². The fourth-order valence-electron chi connectivity index (χ4n) is 1.92. The van der Waals surface area contributed by atoms with Gasteiger partial charge in [-0.3, -0.25) is 0 Å². The van der Waals surface area contributed by atoms with Gasteiger partial charge < -0.3 is 10.4 Å². The molecule has 1 rings (SSSR count). The topological polar surface area (TPSA) is 62.2 Å². The Kier molecular flexibility index (Phi) is 6.93. The number of rotatable bonds is 9. The van der Waals surface area contributed by atoms with E-state index in [1.165, 1.54) is 31.9 Å². The van der Waals surface area contributed by atoms with E-state index in [4.69, 9.17) is 5.11 Å². The van der Waals surface area contributed by atoms with Crippen molar-refractivity contribution < 1.29 is 9.90 Å². The first-order chi connectivity index (χ1) is 9.09. The lowest BCUT2D eigenvalue weighted by Gasteiger charge is -2.07. The summed E-state index contributed by atoms with van der Waals surface area (Å²) >= 11 is 0. The van der Waals surface area contributed by atoms with Crippen molar-refractivity contribution >= 4 is 11.7 Å². The first-order valence-corrected chi connectivity index (χ1v) is 7.03. The van der Waals surface area contributed by atoms with Crippen molar-refractivity contribution in [3.05, 3.63) is 24.0 Å². The van der Waals surface area contributed by atoms with Crippen LogP contribution in [0.15, 0.2) is 18.3 Å². The number of anilines is 1. The summed E-state index contributed by atoms with van der Waals surface area (Å²) in [4.78, 5) is 14.6. The van der Waals surface area contributed by atoms with Crippen molar-refractivity contribution in [3.8, 4) is 0 Å². The predicted octanol–water partition coefficient (Wildman–Crippen LogP) is 3.80. The number of pyridine rings is 1. The first kappa shape index (κ1) is 15.5. The van der Waals surface area contributed by atoms with Gasteiger partial charge in [-0.15, -0.1) is 0 Å². The molecule has 0 aliphatic heterocycles. The number of unbranched alkanes of at least 4 members (excludes halogenated alkanes) is 3. The van der Waals surface area contributed by atoms with Gasteiger partial charge in [-0.1, -0.05) is 39.5 Å². The van der Waals surface area contributed by atoms with Crippen molar-refractivity contribution in [2.45, 2.75) is 46.0 Å². The van der Waals surface area contributed by atoms with E-state index in [1.54, 1.807) is 12.1 Å². The fourth-order valence-corrected chi connectivity index (χ4v) is 1.92. The van der Waals surface area contributed by atoms with Gasteiger partial charge in [0.15, 0.2) is 0 Å². The predicted molar refractivity (Wildman–Crippen MR) is 77.6 cm³/mol. The van der Waals surface area contributed by atoms with E-state index in [9.17, 15) is 4.79 Å². The van der Waals surface area contributed by atoms with Crippen LogP contribution in [0, 0.1) is 5.92 Å². The minimum atomic E-state index is -0.989. The maximum Gasteiger partial charge on any atom is 0.354 e. The second kappa shape index (κ2) is 8.51. The number of carboxylic acid groups (broad SMARTS) is 1. The third-order valence-electron chi connectivity index (χ3n) is 3.02. The average Bonchev–Trinajstić information content (AvgIpc) is 2.37. The van der Waals surface area contributed by atoms with E-state index in [0.717, 1.165) is 24.6 Å². The third kappa shape index (κ3) is 6.79. The van der Waals surface area contributed by atoms with Gasteiger partial charge in [0.25, 0.3) is 0 Å². The van der Waals surface area contributed by atoms with Crippen LogP contribution >= 0.6 is 0 Å². The Morgan fingerprint density at radius 3 is 2.74 bits per heavy atom. The van der Waals surface area contributed by atoms with Crippen LogP contribution < -0.4 is 5.32 Å². The second-order valence-electron chi connectivity index (χ2n) is 5.26. The molecule has 1 heterocycles. The van der Waals surface area contributed by atoms with Crippen molar-refractivity contribution in [1.29, 1.82) is 0 Å². The molecule has 0 saturated heterocycles. The number of aromatic carboxylic acids is 1. The summed E-state index contributed by atoms with van der Waals surface area (Å²) in [5, 5.41) is 12.1. The Morgan fingerprint density at radius 2 is 2.05 bits per heavy atom. The smallest absolute Gasteiger partial charge is 0.354 e. The quantitative estimate of drug-likeness (QED) is 0.666. The fraction of sp³-hybridized carbons (Fsp3) is 0.600. The summed E-state index contributed by atoms with van der Waals surface area (Å²) in [6, 6.07) is 3.37. The van der Waals surface area contributed by atoms with Gasteiger partial charge in [-0.2, -0.15) is 0 Å². The van der Waals surface area contributed by atoms with Crippen LogP contribution in [0.25, 0.3) is 0 Å². The number of carboxylic acids is 1. The van der Waals surface area contributed by atoms with Crippen LogP contribution in [-0.4, -0.2) is 22.6 Å². The van der Waals surface area contributed by atoms with Crippen LogP contribution in [0.3, 0.4) is 0 Å². The zero-order valence-electron chi connectivity index (χ0n) is 11.9. The highest BCUT2D eigenvalue weighted by Crippen LogP contribution is 2.11. The normalized spacial score (nSPS) is 10.7. The van der Waals surface area contributed by atoms with Crippen LogP contribution in [0.1, 0.15) is 56.4 Å². The van der Waals surface area contributed by atoms with E-state index in [0.29, 0.717) is 0 Å².